The number of allylic oxidation sites excluding steroid dienone is 2. The molecule has 0 N–H and O–H groups in total. The summed E-state index contributed by atoms with van der Waals surface area (Å²) < 4.78 is 0. The predicted octanol–water partition coefficient (Wildman–Crippen LogP) is 5.26. The Labute approximate surface area is 123 Å². The molecule has 2 aliphatic carbocycles. The number of hydrogen-bond acceptors (Lipinski definition) is 0. The van der Waals surface area contributed by atoms with Crippen molar-refractivity contribution in [2.45, 2.75) is 47.5 Å². The number of halogens is 2. The highest BCUT2D eigenvalue weighted by molar-refractivity contribution is 14.0. The normalized spacial score (nSPS) is 35.1. The summed E-state index contributed by atoms with van der Waals surface area (Å²) in [6, 6.07) is 0. The first kappa shape index (κ1) is 17.6. The van der Waals surface area contributed by atoms with Crippen LogP contribution in [0.2, 0.25) is 0 Å². The van der Waals surface area contributed by atoms with Gasteiger partial charge in [-0.1, -0.05) is 46.8 Å². The topological polar surface area (TPSA) is 0 Å². The lowest BCUT2D eigenvalue weighted by Crippen LogP contribution is -2.27. The van der Waals surface area contributed by atoms with Crippen LogP contribution >= 0.6 is 48.0 Å². The largest absolute Gasteiger partial charge is 0.107 e. The second-order valence-corrected chi connectivity index (χ2v) is 4.64. The Morgan fingerprint density at radius 1 is 1.07 bits per heavy atom. The minimum atomic E-state index is 0. The van der Waals surface area contributed by atoms with Crippen molar-refractivity contribution in [1.29, 1.82) is 0 Å². The summed E-state index contributed by atoms with van der Waals surface area (Å²) >= 11 is 0. The molecular formula is C12H24I2. The van der Waals surface area contributed by atoms with Crippen molar-refractivity contribution in [2.24, 2.45) is 16.7 Å². The van der Waals surface area contributed by atoms with E-state index in [1.165, 1.54) is 12.8 Å². The average Bonchev–Trinajstić information content (AvgIpc) is 2.40. The number of rotatable bonds is 0. The Bertz CT molecular complexity index is 196. The van der Waals surface area contributed by atoms with E-state index in [1.54, 1.807) is 0 Å². The molecule has 0 radical (unpaired) electrons. The summed E-state index contributed by atoms with van der Waals surface area (Å²) in [5.41, 5.74) is 1.07. The van der Waals surface area contributed by atoms with E-state index in [1.807, 2.05) is 13.8 Å². The van der Waals surface area contributed by atoms with Gasteiger partial charge in [-0.2, -0.15) is 0 Å². The molecule has 0 aromatic heterocycles. The highest BCUT2D eigenvalue weighted by Crippen LogP contribution is 2.61. The van der Waals surface area contributed by atoms with Crippen LogP contribution in [0.4, 0.5) is 0 Å². The lowest BCUT2D eigenvalue weighted by atomic mass is 9.71. The average molecular weight is 422 g/mol. The van der Waals surface area contributed by atoms with Gasteiger partial charge in [-0.15, -0.1) is 48.0 Å². The van der Waals surface area contributed by atoms with E-state index in [9.17, 15) is 0 Å². The van der Waals surface area contributed by atoms with Crippen molar-refractivity contribution in [3.63, 3.8) is 0 Å². The quantitative estimate of drug-likeness (QED) is 0.369. The molecular weight excluding hydrogens is 398 g/mol. The lowest BCUT2D eigenvalue weighted by molar-refractivity contribution is 0.182. The van der Waals surface area contributed by atoms with Gasteiger partial charge in [0.05, 0.1) is 0 Å². The summed E-state index contributed by atoms with van der Waals surface area (Å²) in [6.45, 7) is 11.2. The Balaban J connectivity index is 0. The maximum absolute atomic E-state index is 2.43. The van der Waals surface area contributed by atoms with Gasteiger partial charge in [-0.25, -0.2) is 0 Å². The van der Waals surface area contributed by atoms with Gasteiger partial charge >= 0.3 is 0 Å². The Morgan fingerprint density at radius 2 is 1.57 bits per heavy atom. The predicted molar refractivity (Wildman–Crippen MR) is 85.9 cm³/mol. The second kappa shape index (κ2) is 6.06. The van der Waals surface area contributed by atoms with Crippen molar-refractivity contribution in [2.75, 3.05) is 0 Å². The van der Waals surface area contributed by atoms with E-state index >= 15 is 0 Å². The van der Waals surface area contributed by atoms with Crippen LogP contribution in [0.15, 0.2) is 12.2 Å². The molecule has 0 amide bonds. The molecule has 0 saturated heterocycles. The van der Waals surface area contributed by atoms with Crippen LogP contribution < -0.4 is 0 Å². The first-order valence-electron chi connectivity index (χ1n) is 5.26. The molecule has 14 heavy (non-hydrogen) atoms. The highest BCUT2D eigenvalue weighted by atomic mass is 127. The van der Waals surface area contributed by atoms with E-state index in [4.69, 9.17) is 0 Å². The van der Waals surface area contributed by atoms with Crippen molar-refractivity contribution < 1.29 is 0 Å². The fraction of sp³-hybridized carbons (Fsp3) is 0.833. The third-order valence-electron chi connectivity index (χ3n) is 4.07. The van der Waals surface area contributed by atoms with Crippen LogP contribution in [0.5, 0.6) is 0 Å². The third-order valence-corrected chi connectivity index (χ3v) is 4.07. The van der Waals surface area contributed by atoms with Crippen LogP contribution in [-0.2, 0) is 0 Å². The molecule has 86 valence electrons. The molecule has 0 nitrogen and oxygen atoms in total. The Morgan fingerprint density at radius 3 is 1.64 bits per heavy atom. The van der Waals surface area contributed by atoms with Crippen LogP contribution in [0.1, 0.15) is 47.5 Å². The molecule has 0 aromatic carbocycles. The van der Waals surface area contributed by atoms with Crippen molar-refractivity contribution in [1.82, 2.24) is 0 Å². The minimum Gasteiger partial charge on any atom is -0.107 e. The van der Waals surface area contributed by atoms with Gasteiger partial charge in [0.2, 0.25) is 0 Å². The standard InChI is InChI=1S/C10H16.C2H6.2HI/c1-9(2)8-4-6-10(9,3)7-5-8;1-2;;/h4,6,8H,5,7H2,1-3H3;1-2H3;2*1H. The molecule has 0 spiro atoms. The lowest BCUT2D eigenvalue weighted by Gasteiger charge is -2.33. The molecule has 2 bridgehead atoms. The molecule has 2 aliphatic rings. The monoisotopic (exact) mass is 422 g/mol. The van der Waals surface area contributed by atoms with Gasteiger partial charge < -0.3 is 0 Å². The van der Waals surface area contributed by atoms with Gasteiger partial charge in [-0.05, 0) is 29.6 Å². The van der Waals surface area contributed by atoms with E-state index < -0.39 is 0 Å². The van der Waals surface area contributed by atoms with Crippen LogP contribution in [0, 0.1) is 16.7 Å². The molecule has 1 fully saturated rings. The van der Waals surface area contributed by atoms with Gasteiger partial charge in [0.25, 0.3) is 0 Å². The van der Waals surface area contributed by atoms with Crippen molar-refractivity contribution in [3.05, 3.63) is 12.2 Å². The number of hydrogen-bond donors (Lipinski definition) is 0. The van der Waals surface area contributed by atoms with Crippen molar-refractivity contribution in [3.8, 4) is 0 Å². The zero-order chi connectivity index (χ0) is 9.41. The maximum atomic E-state index is 2.43. The molecule has 0 heterocycles. The molecule has 2 atom stereocenters. The third kappa shape index (κ3) is 2.47. The molecule has 2 rings (SSSR count). The molecule has 2 unspecified atom stereocenters. The Hall–Kier alpha value is 1.20. The van der Waals surface area contributed by atoms with Crippen LogP contribution in [0.3, 0.4) is 0 Å². The Kier molecular flexibility index (Phi) is 7.62. The summed E-state index contributed by atoms with van der Waals surface area (Å²) in [5, 5.41) is 0. The summed E-state index contributed by atoms with van der Waals surface area (Å²) in [4.78, 5) is 0. The smallest absolute Gasteiger partial charge is 0.00895 e. The summed E-state index contributed by atoms with van der Waals surface area (Å²) in [6.07, 6.45) is 7.67. The minimum absolute atomic E-state index is 0. The molecule has 0 aliphatic heterocycles. The fourth-order valence-electron chi connectivity index (χ4n) is 2.53. The first-order chi connectivity index (χ1) is 5.56. The van der Waals surface area contributed by atoms with Gasteiger partial charge in [0, 0.05) is 0 Å². The van der Waals surface area contributed by atoms with Gasteiger partial charge in [-0.3, -0.25) is 0 Å². The fourth-order valence-corrected chi connectivity index (χ4v) is 2.53. The summed E-state index contributed by atoms with van der Waals surface area (Å²) in [7, 11) is 0. The van der Waals surface area contributed by atoms with Crippen molar-refractivity contribution >= 4 is 48.0 Å². The van der Waals surface area contributed by atoms with Crippen LogP contribution in [0.25, 0.3) is 0 Å². The zero-order valence-electron chi connectivity index (χ0n) is 9.96. The number of fused-ring (bicyclic) bond motifs is 2. The van der Waals surface area contributed by atoms with E-state index in [-0.39, 0.29) is 48.0 Å². The van der Waals surface area contributed by atoms with Gasteiger partial charge in [0.15, 0.2) is 0 Å². The second-order valence-electron chi connectivity index (χ2n) is 4.64. The van der Waals surface area contributed by atoms with E-state index in [0.717, 1.165) is 5.92 Å². The summed E-state index contributed by atoms with van der Waals surface area (Å²) in [5.74, 6) is 0.873. The molecule has 1 saturated carbocycles. The molecule has 2 heteroatoms. The zero-order valence-corrected chi connectivity index (χ0v) is 14.6. The maximum Gasteiger partial charge on any atom is -0.00895 e. The first-order valence-corrected chi connectivity index (χ1v) is 5.26. The SMILES string of the molecule is CC.CC12C=CC(CC1)C2(C)C.I.I. The molecule has 0 aromatic rings. The van der Waals surface area contributed by atoms with Crippen LogP contribution in [-0.4, -0.2) is 0 Å². The van der Waals surface area contributed by atoms with E-state index in [2.05, 4.69) is 32.9 Å². The van der Waals surface area contributed by atoms with E-state index in [0.29, 0.717) is 10.8 Å². The highest BCUT2D eigenvalue weighted by Gasteiger charge is 2.52. The van der Waals surface area contributed by atoms with Gasteiger partial charge in [0.1, 0.15) is 0 Å².